The van der Waals surface area contributed by atoms with E-state index in [-0.39, 0.29) is 0 Å². The van der Waals surface area contributed by atoms with E-state index in [9.17, 15) is 0 Å². The van der Waals surface area contributed by atoms with E-state index in [0.29, 0.717) is 0 Å². The van der Waals surface area contributed by atoms with Gasteiger partial charge in [0.25, 0.3) is 0 Å². The zero-order valence-electron chi connectivity index (χ0n) is 11.9. The summed E-state index contributed by atoms with van der Waals surface area (Å²) in [6, 6.07) is 17.4. The first-order valence-corrected chi connectivity index (χ1v) is 7.42. The lowest BCUT2D eigenvalue weighted by Gasteiger charge is -2.08. The van der Waals surface area contributed by atoms with Crippen LogP contribution in [0.2, 0.25) is 0 Å². The molecule has 3 rings (SSSR count). The molecular formula is C18H21NO. The van der Waals surface area contributed by atoms with E-state index >= 15 is 0 Å². The van der Waals surface area contributed by atoms with Crippen molar-refractivity contribution in [3.05, 3.63) is 59.7 Å². The van der Waals surface area contributed by atoms with Crippen LogP contribution in [0, 0.1) is 0 Å². The number of rotatable bonds is 6. The lowest BCUT2D eigenvalue weighted by Crippen LogP contribution is -2.14. The Hall–Kier alpha value is -1.80. The van der Waals surface area contributed by atoms with Gasteiger partial charge in [0.15, 0.2) is 0 Å². The molecule has 0 saturated heterocycles. The maximum atomic E-state index is 5.89. The Morgan fingerprint density at radius 2 is 1.80 bits per heavy atom. The Balaban J connectivity index is 1.61. The van der Waals surface area contributed by atoms with Crippen molar-refractivity contribution >= 4 is 0 Å². The highest BCUT2D eigenvalue weighted by Crippen LogP contribution is 2.23. The highest BCUT2D eigenvalue weighted by atomic mass is 16.5. The molecule has 1 saturated carbocycles. The molecule has 1 fully saturated rings. The molecule has 20 heavy (non-hydrogen) atoms. The number of hydrogen-bond donors (Lipinski definition) is 1. The molecule has 1 aliphatic rings. The van der Waals surface area contributed by atoms with Crippen molar-refractivity contribution in [2.45, 2.75) is 38.8 Å². The first-order chi connectivity index (χ1) is 9.83. The molecule has 0 bridgehead atoms. The fourth-order valence-electron chi connectivity index (χ4n) is 2.19. The summed E-state index contributed by atoms with van der Waals surface area (Å²) in [7, 11) is 0. The van der Waals surface area contributed by atoms with Gasteiger partial charge in [-0.3, -0.25) is 0 Å². The van der Waals surface area contributed by atoms with E-state index in [2.05, 4.69) is 36.5 Å². The van der Waals surface area contributed by atoms with Crippen LogP contribution in [0.25, 0.3) is 0 Å². The van der Waals surface area contributed by atoms with Gasteiger partial charge in [0.2, 0.25) is 0 Å². The highest BCUT2D eigenvalue weighted by molar-refractivity contribution is 5.35. The van der Waals surface area contributed by atoms with Gasteiger partial charge >= 0.3 is 0 Å². The predicted molar refractivity (Wildman–Crippen MR) is 82.2 cm³/mol. The lowest BCUT2D eigenvalue weighted by molar-refractivity contribution is 0.481. The molecule has 0 heterocycles. The molecule has 0 unspecified atom stereocenters. The molecule has 2 heteroatoms. The Morgan fingerprint density at radius 3 is 2.50 bits per heavy atom. The van der Waals surface area contributed by atoms with Crippen molar-refractivity contribution in [3.8, 4) is 11.5 Å². The fraction of sp³-hybridized carbons (Fsp3) is 0.333. The Labute approximate surface area is 120 Å². The monoisotopic (exact) mass is 267 g/mol. The largest absolute Gasteiger partial charge is 0.457 e. The summed E-state index contributed by atoms with van der Waals surface area (Å²) in [5.41, 5.74) is 2.61. The third-order valence-corrected chi connectivity index (χ3v) is 3.64. The Kier molecular flexibility index (Phi) is 4.03. The topological polar surface area (TPSA) is 21.3 Å². The van der Waals surface area contributed by atoms with Gasteiger partial charge in [0, 0.05) is 12.6 Å². The fourth-order valence-corrected chi connectivity index (χ4v) is 2.19. The summed E-state index contributed by atoms with van der Waals surface area (Å²) in [6.45, 7) is 3.11. The molecule has 1 aliphatic carbocycles. The van der Waals surface area contributed by atoms with Crippen molar-refractivity contribution in [2.24, 2.45) is 0 Å². The van der Waals surface area contributed by atoms with Gasteiger partial charge in [-0.25, -0.2) is 0 Å². The molecule has 0 spiro atoms. The second-order valence-electron chi connectivity index (χ2n) is 5.40. The van der Waals surface area contributed by atoms with E-state index in [1.54, 1.807) is 0 Å². The van der Waals surface area contributed by atoms with E-state index < -0.39 is 0 Å². The van der Waals surface area contributed by atoms with Crippen LogP contribution in [-0.2, 0) is 13.0 Å². The second-order valence-corrected chi connectivity index (χ2v) is 5.40. The van der Waals surface area contributed by atoms with Crippen molar-refractivity contribution < 1.29 is 4.74 Å². The minimum Gasteiger partial charge on any atom is -0.457 e. The van der Waals surface area contributed by atoms with Gasteiger partial charge in [0.05, 0.1) is 0 Å². The summed E-state index contributed by atoms with van der Waals surface area (Å²) in [6.07, 6.45) is 3.69. The summed E-state index contributed by atoms with van der Waals surface area (Å²) in [5, 5.41) is 3.52. The number of benzene rings is 2. The summed E-state index contributed by atoms with van der Waals surface area (Å²) in [5.74, 6) is 1.81. The highest BCUT2D eigenvalue weighted by Gasteiger charge is 2.19. The molecular weight excluding hydrogens is 246 g/mol. The lowest BCUT2D eigenvalue weighted by atomic mass is 10.1. The number of hydrogen-bond acceptors (Lipinski definition) is 2. The number of nitrogens with one attached hydrogen (secondary N) is 1. The molecule has 0 aliphatic heterocycles. The Morgan fingerprint density at radius 1 is 1.00 bits per heavy atom. The third kappa shape index (κ3) is 3.61. The maximum absolute atomic E-state index is 5.89. The quantitative estimate of drug-likeness (QED) is 0.843. The summed E-state index contributed by atoms with van der Waals surface area (Å²) >= 11 is 0. The van der Waals surface area contributed by atoms with Crippen LogP contribution < -0.4 is 10.1 Å². The minimum absolute atomic E-state index is 0.753. The molecule has 104 valence electrons. The number of ether oxygens (including phenoxy) is 1. The summed E-state index contributed by atoms with van der Waals surface area (Å²) < 4.78 is 5.89. The van der Waals surface area contributed by atoms with Gasteiger partial charge < -0.3 is 10.1 Å². The van der Waals surface area contributed by atoms with Crippen LogP contribution >= 0.6 is 0 Å². The van der Waals surface area contributed by atoms with E-state index in [4.69, 9.17) is 4.74 Å². The van der Waals surface area contributed by atoms with Crippen molar-refractivity contribution in [3.63, 3.8) is 0 Å². The van der Waals surface area contributed by atoms with E-state index in [0.717, 1.165) is 30.5 Å². The molecule has 0 atom stereocenters. The van der Waals surface area contributed by atoms with E-state index in [1.165, 1.54) is 24.0 Å². The van der Waals surface area contributed by atoms with Crippen molar-refractivity contribution in [2.75, 3.05) is 0 Å². The predicted octanol–water partition coefficient (Wildman–Crippen LogP) is 4.29. The van der Waals surface area contributed by atoms with Gasteiger partial charge in [0.1, 0.15) is 11.5 Å². The third-order valence-electron chi connectivity index (χ3n) is 3.64. The average molecular weight is 267 g/mol. The maximum Gasteiger partial charge on any atom is 0.127 e. The van der Waals surface area contributed by atoms with E-state index in [1.807, 2.05) is 24.3 Å². The van der Waals surface area contributed by atoms with Crippen LogP contribution in [0.4, 0.5) is 0 Å². The molecule has 0 amide bonds. The zero-order valence-corrected chi connectivity index (χ0v) is 11.9. The van der Waals surface area contributed by atoms with Crippen LogP contribution in [0.1, 0.15) is 30.9 Å². The van der Waals surface area contributed by atoms with Crippen LogP contribution in [0.5, 0.6) is 11.5 Å². The minimum atomic E-state index is 0.753. The first kappa shape index (κ1) is 13.2. The second kappa shape index (κ2) is 6.10. The smallest absolute Gasteiger partial charge is 0.127 e. The molecule has 0 radical (unpaired) electrons. The van der Waals surface area contributed by atoms with Gasteiger partial charge in [-0.2, -0.15) is 0 Å². The Bertz CT molecular complexity index is 558. The SMILES string of the molecule is CCc1cccc(Oc2ccc(CNC3CC3)cc2)c1. The van der Waals surface area contributed by atoms with Gasteiger partial charge in [-0.05, 0) is 54.7 Å². The van der Waals surface area contributed by atoms with Gasteiger partial charge in [-0.1, -0.05) is 31.2 Å². The zero-order chi connectivity index (χ0) is 13.8. The molecule has 2 aromatic carbocycles. The molecule has 2 aromatic rings. The molecule has 2 nitrogen and oxygen atoms in total. The van der Waals surface area contributed by atoms with Crippen LogP contribution in [0.15, 0.2) is 48.5 Å². The molecule has 1 N–H and O–H groups in total. The average Bonchev–Trinajstić information content (AvgIpc) is 3.31. The summed E-state index contributed by atoms with van der Waals surface area (Å²) in [4.78, 5) is 0. The normalized spacial score (nSPS) is 14.2. The van der Waals surface area contributed by atoms with Crippen LogP contribution in [0.3, 0.4) is 0 Å². The van der Waals surface area contributed by atoms with Crippen molar-refractivity contribution in [1.82, 2.24) is 5.32 Å². The number of aryl methyl sites for hydroxylation is 1. The van der Waals surface area contributed by atoms with Crippen LogP contribution in [-0.4, -0.2) is 6.04 Å². The standard InChI is InChI=1S/C18H21NO/c1-2-14-4-3-5-18(12-14)20-17-10-6-15(7-11-17)13-19-16-8-9-16/h3-7,10-12,16,19H,2,8-9,13H2,1H3. The van der Waals surface area contributed by atoms with Gasteiger partial charge in [-0.15, -0.1) is 0 Å². The first-order valence-electron chi connectivity index (χ1n) is 7.42. The molecule has 0 aromatic heterocycles. The van der Waals surface area contributed by atoms with Crippen molar-refractivity contribution in [1.29, 1.82) is 0 Å².